The highest BCUT2D eigenvalue weighted by molar-refractivity contribution is 5.82. The summed E-state index contributed by atoms with van der Waals surface area (Å²) in [7, 11) is 0. The largest absolute Gasteiger partial charge is 0.321 e. The first-order valence-corrected chi connectivity index (χ1v) is 2.50. The van der Waals surface area contributed by atoms with Gasteiger partial charge in [-0.05, 0) is 10.6 Å². The highest BCUT2D eigenvalue weighted by Crippen LogP contribution is 1.89. The van der Waals surface area contributed by atoms with Gasteiger partial charge in [-0.1, -0.05) is 0 Å². The van der Waals surface area contributed by atoms with Gasteiger partial charge < -0.3 is 5.73 Å². The van der Waals surface area contributed by atoms with E-state index in [4.69, 9.17) is 17.7 Å². The molecule has 0 aliphatic carbocycles. The summed E-state index contributed by atoms with van der Waals surface area (Å²) in [6.45, 7) is 0. The predicted octanol–water partition coefficient (Wildman–Crippen LogP) is 0.174. The average molecular weight is 138 g/mol. The van der Waals surface area contributed by atoms with E-state index in [0.29, 0.717) is 0 Å². The van der Waals surface area contributed by atoms with Crippen LogP contribution in [0, 0.1) is 12.3 Å². The van der Waals surface area contributed by atoms with E-state index >= 15 is 0 Å². The fraction of sp³-hybridized carbons (Fsp3) is 0.400. The van der Waals surface area contributed by atoms with Crippen LogP contribution in [0.1, 0.15) is 6.42 Å². The number of nitrogens with two attached hydrogens (primary N) is 1. The summed E-state index contributed by atoms with van der Waals surface area (Å²) >= 11 is 0. The Morgan fingerprint density at radius 2 is 2.60 bits per heavy atom. The second-order valence-electron chi connectivity index (χ2n) is 1.54. The van der Waals surface area contributed by atoms with Crippen LogP contribution in [0.4, 0.5) is 0 Å². The summed E-state index contributed by atoms with van der Waals surface area (Å²) in [6.07, 6.45) is 4.94. The molecule has 0 bridgehead atoms. The molecular formula is C5H6N4O. The topological polar surface area (TPSA) is 91.9 Å². The van der Waals surface area contributed by atoms with Crippen molar-refractivity contribution in [3.63, 3.8) is 0 Å². The first-order chi connectivity index (χ1) is 4.72. The standard InChI is InChI=1S/C5H6N4O/c1-2-3-4(6)5(10)8-9-7/h1,4H,3,6H2. The van der Waals surface area contributed by atoms with Crippen LogP contribution in [0.15, 0.2) is 5.11 Å². The molecule has 0 spiro atoms. The third kappa shape index (κ3) is 2.72. The molecule has 1 atom stereocenters. The van der Waals surface area contributed by atoms with Crippen molar-refractivity contribution < 1.29 is 4.79 Å². The summed E-state index contributed by atoms with van der Waals surface area (Å²) in [5.74, 6) is 1.46. The zero-order chi connectivity index (χ0) is 7.98. The van der Waals surface area contributed by atoms with E-state index in [-0.39, 0.29) is 6.42 Å². The Bertz CT molecular complexity index is 210. The molecule has 0 aliphatic rings. The highest BCUT2D eigenvalue weighted by Gasteiger charge is 2.08. The van der Waals surface area contributed by atoms with Crippen molar-refractivity contribution >= 4 is 5.91 Å². The Hall–Kier alpha value is -1.50. The van der Waals surface area contributed by atoms with E-state index in [1.54, 1.807) is 0 Å². The van der Waals surface area contributed by atoms with Crippen molar-refractivity contribution in [2.45, 2.75) is 12.5 Å². The van der Waals surface area contributed by atoms with Crippen LogP contribution in [-0.2, 0) is 4.79 Å². The molecule has 0 aromatic rings. The predicted molar refractivity (Wildman–Crippen MR) is 35.6 cm³/mol. The summed E-state index contributed by atoms with van der Waals surface area (Å²) < 4.78 is 0. The third-order valence-corrected chi connectivity index (χ3v) is 0.798. The molecular weight excluding hydrogens is 132 g/mol. The van der Waals surface area contributed by atoms with E-state index in [1.165, 1.54) is 0 Å². The maximum absolute atomic E-state index is 10.5. The Kier molecular flexibility index (Phi) is 3.73. The van der Waals surface area contributed by atoms with Gasteiger partial charge in [-0.2, -0.15) is 0 Å². The van der Waals surface area contributed by atoms with Gasteiger partial charge >= 0.3 is 0 Å². The normalized spacial score (nSPS) is 10.8. The maximum Gasteiger partial charge on any atom is 0.236 e. The lowest BCUT2D eigenvalue weighted by Gasteiger charge is -1.98. The Morgan fingerprint density at radius 3 is 3.00 bits per heavy atom. The molecule has 0 saturated heterocycles. The molecule has 5 nitrogen and oxygen atoms in total. The van der Waals surface area contributed by atoms with Crippen molar-refractivity contribution in [2.75, 3.05) is 0 Å². The summed E-state index contributed by atoms with van der Waals surface area (Å²) in [5.41, 5.74) is 12.9. The molecule has 0 radical (unpaired) electrons. The van der Waals surface area contributed by atoms with E-state index in [1.807, 2.05) is 0 Å². The van der Waals surface area contributed by atoms with Crippen LogP contribution in [0.3, 0.4) is 0 Å². The summed E-state index contributed by atoms with van der Waals surface area (Å²) in [4.78, 5) is 12.8. The lowest BCUT2D eigenvalue weighted by molar-refractivity contribution is -0.119. The number of azide groups is 1. The number of nitrogens with zero attached hydrogens (tertiary/aromatic N) is 3. The Morgan fingerprint density at radius 1 is 2.00 bits per heavy atom. The monoisotopic (exact) mass is 138 g/mol. The number of carbonyl (C=O) groups is 1. The molecule has 0 saturated carbocycles. The van der Waals surface area contributed by atoms with Gasteiger partial charge in [-0.3, -0.25) is 4.79 Å². The van der Waals surface area contributed by atoms with Crippen molar-refractivity contribution in [3.05, 3.63) is 10.4 Å². The van der Waals surface area contributed by atoms with Crippen LogP contribution in [0.2, 0.25) is 0 Å². The van der Waals surface area contributed by atoms with Crippen LogP contribution in [0.25, 0.3) is 10.4 Å². The molecule has 0 aliphatic heterocycles. The Balaban J connectivity index is 3.97. The van der Waals surface area contributed by atoms with Crippen LogP contribution in [0.5, 0.6) is 0 Å². The number of hydrogen-bond acceptors (Lipinski definition) is 2. The van der Waals surface area contributed by atoms with Gasteiger partial charge in [-0.15, -0.1) is 12.3 Å². The average Bonchev–Trinajstić information content (AvgIpc) is 1.89. The van der Waals surface area contributed by atoms with Gasteiger partial charge in [-0.25, -0.2) is 0 Å². The van der Waals surface area contributed by atoms with Gasteiger partial charge in [0.2, 0.25) is 5.91 Å². The number of rotatable bonds is 2. The van der Waals surface area contributed by atoms with E-state index in [9.17, 15) is 4.79 Å². The molecule has 0 aromatic heterocycles. The smallest absolute Gasteiger partial charge is 0.236 e. The number of hydrogen-bond donors (Lipinski definition) is 1. The zero-order valence-corrected chi connectivity index (χ0v) is 5.19. The summed E-state index contributed by atoms with van der Waals surface area (Å²) in [6, 6.07) is -0.860. The van der Waals surface area contributed by atoms with Crippen molar-refractivity contribution in [2.24, 2.45) is 10.8 Å². The first kappa shape index (κ1) is 8.50. The molecule has 2 N–H and O–H groups in total. The number of carbonyl (C=O) groups excluding carboxylic acids is 1. The number of amides is 1. The van der Waals surface area contributed by atoms with Gasteiger partial charge in [0.25, 0.3) is 0 Å². The molecule has 0 aromatic carbocycles. The summed E-state index contributed by atoms with van der Waals surface area (Å²) in [5, 5.41) is 2.76. The second kappa shape index (κ2) is 4.39. The third-order valence-electron chi connectivity index (χ3n) is 0.798. The molecule has 0 heterocycles. The lowest BCUT2D eigenvalue weighted by Crippen LogP contribution is -2.27. The fourth-order valence-electron chi connectivity index (χ4n) is 0.333. The van der Waals surface area contributed by atoms with E-state index in [0.717, 1.165) is 0 Å². The molecule has 1 unspecified atom stereocenters. The van der Waals surface area contributed by atoms with E-state index in [2.05, 4.69) is 15.9 Å². The minimum Gasteiger partial charge on any atom is -0.321 e. The number of terminal acetylenes is 1. The first-order valence-electron chi connectivity index (χ1n) is 2.50. The van der Waals surface area contributed by atoms with Gasteiger partial charge in [0.05, 0.1) is 6.04 Å². The molecule has 52 valence electrons. The van der Waals surface area contributed by atoms with Gasteiger partial charge in [0.15, 0.2) is 0 Å². The van der Waals surface area contributed by atoms with Crippen molar-refractivity contribution in [1.29, 1.82) is 0 Å². The maximum atomic E-state index is 10.5. The van der Waals surface area contributed by atoms with Crippen LogP contribution in [-0.4, -0.2) is 11.9 Å². The van der Waals surface area contributed by atoms with E-state index < -0.39 is 11.9 Å². The van der Waals surface area contributed by atoms with Crippen molar-refractivity contribution in [1.82, 2.24) is 0 Å². The highest BCUT2D eigenvalue weighted by atomic mass is 16.2. The van der Waals surface area contributed by atoms with Crippen LogP contribution < -0.4 is 5.73 Å². The SMILES string of the molecule is C#CCC(N)C(=O)N=[N+]=[N-]. The fourth-order valence-corrected chi connectivity index (χ4v) is 0.333. The molecule has 5 heteroatoms. The van der Waals surface area contributed by atoms with Gasteiger partial charge in [0.1, 0.15) is 0 Å². The molecule has 1 amide bonds. The second-order valence-corrected chi connectivity index (χ2v) is 1.54. The van der Waals surface area contributed by atoms with Crippen LogP contribution >= 0.6 is 0 Å². The Labute approximate surface area is 57.8 Å². The molecule has 0 fully saturated rings. The molecule has 0 rings (SSSR count). The minimum absolute atomic E-state index is 0.0951. The zero-order valence-electron chi connectivity index (χ0n) is 5.19. The minimum atomic E-state index is -0.860. The molecule has 10 heavy (non-hydrogen) atoms. The quantitative estimate of drug-likeness (QED) is 0.255. The van der Waals surface area contributed by atoms with Gasteiger partial charge in [0, 0.05) is 11.3 Å². The lowest BCUT2D eigenvalue weighted by atomic mass is 10.2. The van der Waals surface area contributed by atoms with Crippen molar-refractivity contribution in [3.8, 4) is 12.3 Å².